The summed E-state index contributed by atoms with van der Waals surface area (Å²) in [4.78, 5) is 45.3. The van der Waals surface area contributed by atoms with Gasteiger partial charge in [-0.05, 0) is 23.8 Å². The molecule has 27 heavy (non-hydrogen) atoms. The molecule has 4 rings (SSSR count). The molecule has 138 valence electrons. The van der Waals surface area contributed by atoms with Gasteiger partial charge in [-0.15, -0.1) is 0 Å². The summed E-state index contributed by atoms with van der Waals surface area (Å²) in [6, 6.07) is 4.64. The Kier molecular flexibility index (Phi) is 4.41. The van der Waals surface area contributed by atoms with Crippen molar-refractivity contribution >= 4 is 29.9 Å². The zero-order valence-electron chi connectivity index (χ0n) is 14.3. The molecule has 0 spiro atoms. The van der Waals surface area contributed by atoms with Crippen molar-refractivity contribution in [2.45, 2.75) is 6.42 Å². The van der Waals surface area contributed by atoms with Gasteiger partial charge < -0.3 is 14.8 Å². The summed E-state index contributed by atoms with van der Waals surface area (Å²) in [6.45, 7) is 0.370. The number of ether oxygens (including phenoxy) is 2. The Morgan fingerprint density at radius 1 is 1.26 bits per heavy atom. The summed E-state index contributed by atoms with van der Waals surface area (Å²) in [5, 5.41) is 2.71. The van der Waals surface area contributed by atoms with Crippen LogP contribution in [0.4, 0.5) is 4.79 Å². The number of imide groups is 1. The molecule has 0 fully saturated rings. The first-order valence-corrected chi connectivity index (χ1v) is 8.42. The van der Waals surface area contributed by atoms with Gasteiger partial charge in [0.25, 0.3) is 0 Å². The second-order valence-corrected chi connectivity index (χ2v) is 6.10. The topological polar surface area (TPSA) is 110 Å². The minimum Gasteiger partial charge on any atom is -0.454 e. The van der Waals surface area contributed by atoms with Gasteiger partial charge in [0.05, 0.1) is 6.42 Å². The van der Waals surface area contributed by atoms with Gasteiger partial charge in [-0.2, -0.15) is 4.99 Å². The van der Waals surface area contributed by atoms with E-state index in [0.717, 1.165) is 10.5 Å². The van der Waals surface area contributed by atoms with E-state index in [-0.39, 0.29) is 44.0 Å². The van der Waals surface area contributed by atoms with Crippen molar-refractivity contribution in [1.29, 1.82) is 0 Å². The lowest BCUT2D eigenvalue weighted by atomic mass is 10.0. The summed E-state index contributed by atoms with van der Waals surface area (Å²) >= 11 is 0. The number of carbonyl (C=O) groups is 3. The SMILES string of the molecule is O=C(Cc1ccc2c(c1)OCO2)NCCN1C(=O)N=C2N=CC=CC2C1=O. The minimum absolute atomic E-state index is 0.0510. The van der Waals surface area contributed by atoms with E-state index in [1.807, 2.05) is 0 Å². The molecule has 0 saturated heterocycles. The van der Waals surface area contributed by atoms with Crippen LogP contribution in [-0.2, 0) is 16.0 Å². The molecule has 1 unspecified atom stereocenters. The van der Waals surface area contributed by atoms with Crippen LogP contribution in [0.1, 0.15) is 5.56 Å². The van der Waals surface area contributed by atoms with E-state index >= 15 is 0 Å². The van der Waals surface area contributed by atoms with Gasteiger partial charge in [-0.3, -0.25) is 14.5 Å². The Hall–Kier alpha value is -3.49. The number of dihydropyridines is 1. The fourth-order valence-electron chi connectivity index (χ4n) is 2.97. The van der Waals surface area contributed by atoms with Crippen LogP contribution in [0, 0.1) is 5.92 Å². The highest BCUT2D eigenvalue weighted by atomic mass is 16.7. The second-order valence-electron chi connectivity index (χ2n) is 6.10. The summed E-state index contributed by atoms with van der Waals surface area (Å²) in [5.41, 5.74) is 0.779. The monoisotopic (exact) mass is 368 g/mol. The molecule has 9 heteroatoms. The van der Waals surface area contributed by atoms with E-state index in [4.69, 9.17) is 9.47 Å². The zero-order valence-corrected chi connectivity index (χ0v) is 14.3. The van der Waals surface area contributed by atoms with Crippen molar-refractivity contribution in [2.75, 3.05) is 19.9 Å². The normalized spacial score (nSPS) is 19.8. The van der Waals surface area contributed by atoms with Crippen LogP contribution in [-0.4, -0.2) is 54.7 Å². The maximum absolute atomic E-state index is 12.4. The number of benzene rings is 1. The maximum Gasteiger partial charge on any atom is 0.352 e. The molecule has 1 aromatic carbocycles. The van der Waals surface area contributed by atoms with Crippen LogP contribution in [0.3, 0.4) is 0 Å². The van der Waals surface area contributed by atoms with Crippen LogP contribution in [0.25, 0.3) is 0 Å². The molecule has 1 N–H and O–H groups in total. The van der Waals surface area contributed by atoms with Crippen LogP contribution >= 0.6 is 0 Å². The highest BCUT2D eigenvalue weighted by molar-refractivity contribution is 6.19. The lowest BCUT2D eigenvalue weighted by Crippen LogP contribution is -2.48. The molecule has 3 heterocycles. The average molecular weight is 368 g/mol. The molecule has 0 aromatic heterocycles. The number of fused-ring (bicyclic) bond motifs is 2. The number of nitrogens with one attached hydrogen (secondary N) is 1. The van der Waals surface area contributed by atoms with E-state index in [1.54, 1.807) is 30.4 Å². The molecule has 4 amide bonds. The lowest BCUT2D eigenvalue weighted by Gasteiger charge is -2.27. The van der Waals surface area contributed by atoms with Crippen molar-refractivity contribution < 1.29 is 23.9 Å². The summed E-state index contributed by atoms with van der Waals surface area (Å²) in [5.74, 6) is 0.219. The third-order valence-corrected chi connectivity index (χ3v) is 4.31. The van der Waals surface area contributed by atoms with Crippen molar-refractivity contribution in [3.05, 3.63) is 35.9 Å². The molecule has 1 aromatic rings. The highest BCUT2D eigenvalue weighted by Gasteiger charge is 2.36. The number of urea groups is 1. The van der Waals surface area contributed by atoms with E-state index in [9.17, 15) is 14.4 Å². The van der Waals surface area contributed by atoms with Gasteiger partial charge in [0.2, 0.25) is 18.6 Å². The summed E-state index contributed by atoms with van der Waals surface area (Å²) in [7, 11) is 0. The number of rotatable bonds is 5. The smallest absolute Gasteiger partial charge is 0.352 e. The molecular formula is C18H16N4O5. The average Bonchev–Trinajstić information content (AvgIpc) is 3.12. The van der Waals surface area contributed by atoms with Gasteiger partial charge in [0.15, 0.2) is 11.5 Å². The number of nitrogens with zero attached hydrogens (tertiary/aromatic N) is 3. The lowest BCUT2D eigenvalue weighted by molar-refractivity contribution is -0.130. The molecule has 0 bridgehead atoms. The molecule has 9 nitrogen and oxygen atoms in total. The van der Waals surface area contributed by atoms with Gasteiger partial charge in [-0.25, -0.2) is 9.79 Å². The van der Waals surface area contributed by atoms with Crippen molar-refractivity contribution in [2.24, 2.45) is 15.9 Å². The molecule has 0 saturated carbocycles. The Labute approximate surface area is 154 Å². The standard InChI is InChI=1S/C18H16N4O5/c23-15(9-11-3-4-13-14(8-11)27-10-26-13)19-6-7-22-17(24)12-2-1-5-20-16(12)21-18(22)25/h1-5,8,12H,6-7,9-10H2,(H,19,23). The van der Waals surface area contributed by atoms with E-state index < -0.39 is 11.9 Å². The van der Waals surface area contributed by atoms with Crippen molar-refractivity contribution in [3.8, 4) is 11.5 Å². The van der Waals surface area contributed by atoms with E-state index in [1.165, 1.54) is 6.21 Å². The van der Waals surface area contributed by atoms with E-state index in [2.05, 4.69) is 15.3 Å². The Morgan fingerprint density at radius 2 is 2.11 bits per heavy atom. The zero-order chi connectivity index (χ0) is 18.8. The summed E-state index contributed by atoms with van der Waals surface area (Å²) < 4.78 is 10.5. The fraction of sp³-hybridized carbons (Fsp3) is 0.278. The summed E-state index contributed by atoms with van der Waals surface area (Å²) in [6.07, 6.45) is 4.93. The van der Waals surface area contributed by atoms with Crippen LogP contribution in [0.15, 0.2) is 40.3 Å². The molecule has 1 atom stereocenters. The minimum atomic E-state index is -0.663. The molecule has 0 radical (unpaired) electrons. The molecule has 0 aliphatic carbocycles. The number of amidine groups is 1. The number of amides is 4. The first-order chi connectivity index (χ1) is 13.1. The maximum atomic E-state index is 12.4. The predicted octanol–water partition coefficient (Wildman–Crippen LogP) is 0.691. The third-order valence-electron chi connectivity index (χ3n) is 4.31. The Balaban J connectivity index is 1.30. The predicted molar refractivity (Wildman–Crippen MR) is 94.9 cm³/mol. The van der Waals surface area contributed by atoms with E-state index in [0.29, 0.717) is 11.5 Å². The molecule has 3 aliphatic rings. The van der Waals surface area contributed by atoms with Crippen molar-refractivity contribution in [3.63, 3.8) is 0 Å². The second kappa shape index (κ2) is 7.02. The number of hydrogen-bond acceptors (Lipinski definition) is 6. The fourth-order valence-corrected chi connectivity index (χ4v) is 2.97. The van der Waals surface area contributed by atoms with Crippen molar-refractivity contribution in [1.82, 2.24) is 10.2 Å². The van der Waals surface area contributed by atoms with Gasteiger partial charge >= 0.3 is 6.03 Å². The first-order valence-electron chi connectivity index (χ1n) is 8.42. The third kappa shape index (κ3) is 3.43. The Morgan fingerprint density at radius 3 is 3.00 bits per heavy atom. The highest BCUT2D eigenvalue weighted by Crippen LogP contribution is 2.32. The van der Waals surface area contributed by atoms with Crippen LogP contribution in [0.5, 0.6) is 11.5 Å². The Bertz CT molecular complexity index is 905. The van der Waals surface area contributed by atoms with Gasteiger partial charge in [0.1, 0.15) is 11.8 Å². The number of carbonyl (C=O) groups excluding carboxylic acids is 3. The van der Waals surface area contributed by atoms with Gasteiger partial charge in [0, 0.05) is 19.3 Å². The van der Waals surface area contributed by atoms with Crippen LogP contribution < -0.4 is 14.8 Å². The number of hydrogen-bond donors (Lipinski definition) is 1. The molecular weight excluding hydrogens is 352 g/mol. The van der Waals surface area contributed by atoms with Gasteiger partial charge in [-0.1, -0.05) is 12.1 Å². The quantitative estimate of drug-likeness (QED) is 0.822. The first kappa shape index (κ1) is 17.0. The largest absolute Gasteiger partial charge is 0.454 e. The van der Waals surface area contributed by atoms with Crippen LogP contribution in [0.2, 0.25) is 0 Å². The molecule has 3 aliphatic heterocycles. The number of allylic oxidation sites excluding steroid dienone is 1. The number of aliphatic imine (C=N–C) groups is 2.